The normalized spacial score (nSPS) is 17.6. The molecule has 1 amide bonds. The van der Waals surface area contributed by atoms with E-state index >= 15 is 4.39 Å². The predicted molar refractivity (Wildman–Crippen MR) is 138 cm³/mol. The zero-order chi connectivity index (χ0) is 26.4. The van der Waals surface area contributed by atoms with E-state index in [1.165, 1.54) is 6.07 Å². The third-order valence-corrected chi connectivity index (χ3v) is 7.30. The molecule has 0 spiro atoms. The van der Waals surface area contributed by atoms with E-state index in [1.54, 1.807) is 31.1 Å². The molecular weight excluding hydrogens is 473 g/mol. The molecule has 2 aliphatic rings. The van der Waals surface area contributed by atoms with Crippen LogP contribution in [0.15, 0.2) is 42.5 Å². The maximum Gasteiger partial charge on any atom is 0.304 e. The van der Waals surface area contributed by atoms with Gasteiger partial charge in [-0.2, -0.15) is 0 Å². The number of carboxylic acids is 1. The lowest BCUT2D eigenvalue weighted by Gasteiger charge is -2.19. The van der Waals surface area contributed by atoms with Crippen LogP contribution in [0.5, 0.6) is 11.5 Å². The molecule has 0 bridgehead atoms. The van der Waals surface area contributed by atoms with Crippen LogP contribution in [0.3, 0.4) is 0 Å². The Bertz CT molecular complexity index is 1390. The molecule has 0 aromatic heterocycles. The molecule has 0 unspecified atom stereocenters. The lowest BCUT2D eigenvalue weighted by molar-refractivity contribution is -0.137. The van der Waals surface area contributed by atoms with E-state index in [-0.39, 0.29) is 24.1 Å². The van der Waals surface area contributed by atoms with Crippen molar-refractivity contribution >= 4 is 11.9 Å². The molecule has 0 radical (unpaired) electrons. The van der Waals surface area contributed by atoms with Crippen LogP contribution in [-0.2, 0) is 11.2 Å². The second-order valence-corrected chi connectivity index (χ2v) is 10.1. The summed E-state index contributed by atoms with van der Waals surface area (Å²) < 4.78 is 27.2. The summed E-state index contributed by atoms with van der Waals surface area (Å²) in [6, 6.07) is 12.5. The van der Waals surface area contributed by atoms with Crippen molar-refractivity contribution in [3.63, 3.8) is 0 Å². The maximum absolute atomic E-state index is 15.2. The fourth-order valence-electron chi connectivity index (χ4n) is 5.67. The van der Waals surface area contributed by atoms with Gasteiger partial charge in [0.05, 0.1) is 13.0 Å². The largest absolute Gasteiger partial charge is 0.492 e. The fraction of sp³-hybridized carbons (Fsp3) is 0.333. The van der Waals surface area contributed by atoms with Crippen molar-refractivity contribution in [3.05, 3.63) is 81.7 Å². The molecule has 2 atom stereocenters. The number of carbonyl (C=O) groups is 2. The number of carbonyl (C=O) groups excluding carboxylic acids is 1. The topological polar surface area (TPSA) is 76.1 Å². The number of fused-ring (bicyclic) bond motifs is 2. The number of carboxylic acid groups (broad SMARTS) is 1. The zero-order valence-electron chi connectivity index (χ0n) is 21.4. The van der Waals surface area contributed by atoms with Gasteiger partial charge in [-0.3, -0.25) is 9.59 Å². The van der Waals surface area contributed by atoms with E-state index < -0.39 is 12.1 Å². The molecule has 0 saturated heterocycles. The molecule has 3 aromatic rings. The van der Waals surface area contributed by atoms with Gasteiger partial charge in [0, 0.05) is 42.8 Å². The minimum Gasteiger partial charge on any atom is -0.492 e. The monoisotopic (exact) mass is 503 g/mol. The van der Waals surface area contributed by atoms with Gasteiger partial charge in [-0.15, -0.1) is 0 Å². The molecule has 1 heterocycles. The number of amides is 1. The molecule has 1 N–H and O–H groups in total. The van der Waals surface area contributed by atoms with Gasteiger partial charge in [-0.05, 0) is 78.8 Å². The number of hydrogen-bond acceptors (Lipinski definition) is 4. The van der Waals surface area contributed by atoms with Crippen molar-refractivity contribution in [1.29, 1.82) is 0 Å². The first kappa shape index (κ1) is 24.8. The van der Waals surface area contributed by atoms with Crippen molar-refractivity contribution < 1.29 is 28.6 Å². The van der Waals surface area contributed by atoms with Gasteiger partial charge in [0.15, 0.2) is 0 Å². The number of halogens is 1. The van der Waals surface area contributed by atoms with Gasteiger partial charge in [-0.25, -0.2) is 4.39 Å². The number of aliphatic carboxylic acids is 1. The van der Waals surface area contributed by atoms with E-state index in [1.807, 2.05) is 38.1 Å². The minimum atomic E-state index is -0.861. The molecule has 1 aliphatic carbocycles. The third kappa shape index (κ3) is 4.54. The van der Waals surface area contributed by atoms with E-state index in [0.717, 1.165) is 33.4 Å². The van der Waals surface area contributed by atoms with Gasteiger partial charge in [-0.1, -0.05) is 12.1 Å². The molecule has 7 heteroatoms. The van der Waals surface area contributed by atoms with Gasteiger partial charge in [0.2, 0.25) is 0 Å². The van der Waals surface area contributed by atoms with Crippen LogP contribution in [0.1, 0.15) is 63.0 Å². The standard InChI is InChI=1S/C30H30FNO5/c1-16-11-18(30(35)32(3)4)12-17(2)28(16)22-7-9-24(31)29-23(22)8-10-25(29)37-20-5-6-21-19(13-27(33)34)15-36-26(21)14-20/h5-7,9,11-12,14,19,25H,8,10,13,15H2,1-4H3,(H,33,34)/t19-,25-/m1/s1. The zero-order valence-corrected chi connectivity index (χ0v) is 21.4. The van der Waals surface area contributed by atoms with Crippen molar-refractivity contribution in [3.8, 4) is 22.6 Å². The first-order chi connectivity index (χ1) is 17.6. The molecule has 0 saturated carbocycles. The second kappa shape index (κ2) is 9.54. The van der Waals surface area contributed by atoms with E-state index in [2.05, 4.69) is 0 Å². The Balaban J connectivity index is 1.45. The molecule has 6 nitrogen and oxygen atoms in total. The molecule has 37 heavy (non-hydrogen) atoms. The molecule has 0 fully saturated rings. The van der Waals surface area contributed by atoms with Crippen molar-refractivity contribution in [2.24, 2.45) is 0 Å². The Morgan fingerprint density at radius 3 is 2.51 bits per heavy atom. The highest BCUT2D eigenvalue weighted by atomic mass is 19.1. The summed E-state index contributed by atoms with van der Waals surface area (Å²) in [5.74, 6) is -0.205. The summed E-state index contributed by atoms with van der Waals surface area (Å²) >= 11 is 0. The van der Waals surface area contributed by atoms with Crippen molar-refractivity contribution in [1.82, 2.24) is 4.90 Å². The van der Waals surface area contributed by atoms with Crippen molar-refractivity contribution in [2.75, 3.05) is 20.7 Å². The molecule has 5 rings (SSSR count). The molecule has 3 aromatic carbocycles. The molecular formula is C30H30FNO5. The SMILES string of the molecule is Cc1cc(C(=O)N(C)C)cc(C)c1-c1ccc(F)c2c1CC[C@H]2Oc1ccc2c(c1)OC[C@H]2CC(=O)O. The highest BCUT2D eigenvalue weighted by molar-refractivity contribution is 5.95. The Morgan fingerprint density at radius 2 is 1.84 bits per heavy atom. The van der Waals surface area contributed by atoms with Crippen LogP contribution in [-0.4, -0.2) is 42.6 Å². The van der Waals surface area contributed by atoms with Crippen LogP contribution in [0.4, 0.5) is 4.39 Å². The van der Waals surface area contributed by atoms with E-state index in [9.17, 15) is 9.59 Å². The average molecular weight is 504 g/mol. The smallest absolute Gasteiger partial charge is 0.304 e. The minimum absolute atomic E-state index is 0.0142. The fourth-order valence-corrected chi connectivity index (χ4v) is 5.67. The average Bonchev–Trinajstić information content (AvgIpc) is 3.44. The number of aryl methyl sites for hydroxylation is 2. The summed E-state index contributed by atoms with van der Waals surface area (Å²) in [5, 5.41) is 9.13. The molecule has 192 valence electrons. The Labute approximate surface area is 215 Å². The Hall–Kier alpha value is -3.87. The molecule has 1 aliphatic heterocycles. The highest BCUT2D eigenvalue weighted by Gasteiger charge is 2.32. The number of hydrogen-bond donors (Lipinski definition) is 1. The lowest BCUT2D eigenvalue weighted by atomic mass is 9.89. The number of rotatable bonds is 6. The first-order valence-electron chi connectivity index (χ1n) is 12.4. The Morgan fingerprint density at radius 1 is 1.11 bits per heavy atom. The van der Waals surface area contributed by atoms with Gasteiger partial charge in [0.1, 0.15) is 23.4 Å². The van der Waals surface area contributed by atoms with Gasteiger partial charge in [0.25, 0.3) is 5.91 Å². The number of nitrogens with zero attached hydrogens (tertiary/aromatic N) is 1. The quantitative estimate of drug-likeness (QED) is 0.458. The van der Waals surface area contributed by atoms with Crippen LogP contribution in [0.2, 0.25) is 0 Å². The van der Waals surface area contributed by atoms with E-state index in [4.69, 9.17) is 14.6 Å². The number of benzene rings is 3. The van der Waals surface area contributed by atoms with Crippen LogP contribution >= 0.6 is 0 Å². The van der Waals surface area contributed by atoms with E-state index in [0.29, 0.717) is 42.1 Å². The van der Waals surface area contributed by atoms with Crippen molar-refractivity contribution in [2.45, 2.75) is 45.1 Å². The van der Waals surface area contributed by atoms with Gasteiger partial charge < -0.3 is 19.5 Å². The highest BCUT2D eigenvalue weighted by Crippen LogP contribution is 2.45. The van der Waals surface area contributed by atoms with Crippen LogP contribution < -0.4 is 9.47 Å². The maximum atomic E-state index is 15.2. The van der Waals surface area contributed by atoms with Gasteiger partial charge >= 0.3 is 5.97 Å². The number of ether oxygens (including phenoxy) is 2. The first-order valence-corrected chi connectivity index (χ1v) is 12.4. The summed E-state index contributed by atoms with van der Waals surface area (Å²) in [6.45, 7) is 4.29. The predicted octanol–water partition coefficient (Wildman–Crippen LogP) is 5.83. The summed E-state index contributed by atoms with van der Waals surface area (Å²) in [7, 11) is 3.46. The third-order valence-electron chi connectivity index (χ3n) is 7.30. The Kier molecular flexibility index (Phi) is 6.40. The summed E-state index contributed by atoms with van der Waals surface area (Å²) in [4.78, 5) is 25.2. The summed E-state index contributed by atoms with van der Waals surface area (Å²) in [6.07, 6.45) is 0.879. The lowest BCUT2D eigenvalue weighted by Crippen LogP contribution is -2.22. The van der Waals surface area contributed by atoms with Crippen LogP contribution in [0.25, 0.3) is 11.1 Å². The summed E-state index contributed by atoms with van der Waals surface area (Å²) in [5.41, 5.74) is 6.91. The van der Waals surface area contributed by atoms with Crippen LogP contribution in [0, 0.1) is 19.7 Å². The second-order valence-electron chi connectivity index (χ2n) is 10.1.